The van der Waals surface area contributed by atoms with Crippen LogP contribution in [0.5, 0.6) is 0 Å². The summed E-state index contributed by atoms with van der Waals surface area (Å²) in [6.07, 6.45) is 4.45. The molecule has 0 fully saturated rings. The Morgan fingerprint density at radius 1 is 1.42 bits per heavy atom. The van der Waals surface area contributed by atoms with E-state index in [4.69, 9.17) is 0 Å². The minimum absolute atomic E-state index is 0.106. The van der Waals surface area contributed by atoms with E-state index >= 15 is 0 Å². The van der Waals surface area contributed by atoms with Crippen molar-refractivity contribution in [2.24, 2.45) is 0 Å². The van der Waals surface area contributed by atoms with E-state index in [1.807, 2.05) is 0 Å². The predicted octanol–water partition coefficient (Wildman–Crippen LogP) is -0.0444. The van der Waals surface area contributed by atoms with Crippen molar-refractivity contribution in [3.8, 4) is 5.82 Å². The Morgan fingerprint density at radius 2 is 2.33 bits per heavy atom. The molecule has 0 bridgehead atoms. The van der Waals surface area contributed by atoms with E-state index in [9.17, 15) is 4.79 Å². The van der Waals surface area contributed by atoms with Gasteiger partial charge in [-0.05, 0) is 0 Å². The van der Waals surface area contributed by atoms with Gasteiger partial charge in [-0.2, -0.15) is 10.2 Å². The summed E-state index contributed by atoms with van der Waals surface area (Å²) in [7, 11) is 0. The zero-order valence-corrected chi connectivity index (χ0v) is 6.14. The Labute approximate surface area is 67.7 Å². The van der Waals surface area contributed by atoms with Crippen molar-refractivity contribution in [1.82, 2.24) is 20.0 Å². The number of H-pyrrole nitrogens is 1. The van der Waals surface area contributed by atoms with Gasteiger partial charge in [-0.25, -0.2) is 4.68 Å². The summed E-state index contributed by atoms with van der Waals surface area (Å²) >= 11 is 0. The fourth-order valence-corrected chi connectivity index (χ4v) is 0.863. The summed E-state index contributed by atoms with van der Waals surface area (Å²) < 4.78 is 1.54. The van der Waals surface area contributed by atoms with Crippen LogP contribution in [0.4, 0.5) is 0 Å². The second-order valence-electron chi connectivity index (χ2n) is 2.25. The van der Waals surface area contributed by atoms with Crippen molar-refractivity contribution in [3.63, 3.8) is 0 Å². The van der Waals surface area contributed by atoms with Gasteiger partial charge in [0.15, 0.2) is 5.43 Å². The summed E-state index contributed by atoms with van der Waals surface area (Å²) in [6, 6.07) is 3.20. The van der Waals surface area contributed by atoms with Gasteiger partial charge in [0.25, 0.3) is 0 Å². The van der Waals surface area contributed by atoms with Crippen LogP contribution in [0.3, 0.4) is 0 Å². The van der Waals surface area contributed by atoms with Gasteiger partial charge in [-0.1, -0.05) is 0 Å². The first-order valence-corrected chi connectivity index (χ1v) is 3.41. The maximum atomic E-state index is 10.7. The second kappa shape index (κ2) is 2.61. The van der Waals surface area contributed by atoms with Gasteiger partial charge in [0.05, 0.1) is 12.4 Å². The monoisotopic (exact) mass is 162 g/mol. The number of rotatable bonds is 1. The lowest BCUT2D eigenvalue weighted by molar-refractivity contribution is 0.801. The molecule has 0 aliphatic rings. The van der Waals surface area contributed by atoms with Crippen LogP contribution in [0.1, 0.15) is 0 Å². The summed E-state index contributed by atoms with van der Waals surface area (Å²) in [4.78, 5) is 10.7. The fourth-order valence-electron chi connectivity index (χ4n) is 0.863. The van der Waals surface area contributed by atoms with E-state index in [-0.39, 0.29) is 5.43 Å². The van der Waals surface area contributed by atoms with Crippen molar-refractivity contribution in [3.05, 3.63) is 40.9 Å². The maximum Gasteiger partial charge on any atom is 0.200 e. The van der Waals surface area contributed by atoms with Crippen molar-refractivity contribution < 1.29 is 0 Å². The first-order chi connectivity index (χ1) is 5.86. The molecule has 5 heteroatoms. The highest BCUT2D eigenvalue weighted by atomic mass is 16.1. The number of hydrogen-bond donors (Lipinski definition) is 1. The molecule has 2 rings (SSSR count). The number of aromatic amines is 1. The molecule has 0 spiro atoms. The van der Waals surface area contributed by atoms with E-state index in [0.717, 1.165) is 5.82 Å². The van der Waals surface area contributed by atoms with Crippen LogP contribution in [0.2, 0.25) is 0 Å². The average Bonchev–Trinajstić information content (AvgIpc) is 2.58. The Hall–Kier alpha value is -1.91. The van der Waals surface area contributed by atoms with Crippen LogP contribution in [0.25, 0.3) is 5.82 Å². The van der Waals surface area contributed by atoms with Gasteiger partial charge >= 0.3 is 0 Å². The average molecular weight is 162 g/mol. The maximum absolute atomic E-state index is 10.7. The SMILES string of the molecule is O=c1ccn(-c2ccn[nH]2)nc1. The van der Waals surface area contributed by atoms with Crippen LogP contribution >= 0.6 is 0 Å². The van der Waals surface area contributed by atoms with Crippen LogP contribution in [0, 0.1) is 0 Å². The van der Waals surface area contributed by atoms with Crippen LogP contribution in [0.15, 0.2) is 35.5 Å². The molecule has 5 nitrogen and oxygen atoms in total. The highest BCUT2D eigenvalue weighted by molar-refractivity contribution is 5.16. The van der Waals surface area contributed by atoms with Gasteiger partial charge in [-0.3, -0.25) is 9.89 Å². The summed E-state index contributed by atoms with van der Waals surface area (Å²) in [5.74, 6) is 0.731. The zero-order valence-electron chi connectivity index (χ0n) is 6.14. The minimum atomic E-state index is -0.106. The van der Waals surface area contributed by atoms with E-state index in [1.54, 1.807) is 18.5 Å². The van der Waals surface area contributed by atoms with Gasteiger partial charge in [0.2, 0.25) is 0 Å². The summed E-state index contributed by atoms with van der Waals surface area (Å²) in [5, 5.41) is 10.3. The lowest BCUT2D eigenvalue weighted by atomic mass is 10.5. The number of nitrogens with zero attached hydrogens (tertiary/aromatic N) is 3. The smallest absolute Gasteiger partial charge is 0.200 e. The molecule has 0 aromatic carbocycles. The molecule has 2 aromatic heterocycles. The minimum Gasteiger partial charge on any atom is -0.288 e. The Balaban J connectivity index is 2.49. The second-order valence-corrected chi connectivity index (χ2v) is 2.25. The Morgan fingerprint density at radius 3 is 2.92 bits per heavy atom. The lowest BCUT2D eigenvalue weighted by Crippen LogP contribution is -2.06. The lowest BCUT2D eigenvalue weighted by Gasteiger charge is -1.97. The van der Waals surface area contributed by atoms with Gasteiger partial charge in [-0.15, -0.1) is 0 Å². The molecule has 0 aliphatic carbocycles. The highest BCUT2D eigenvalue weighted by Gasteiger charge is 1.94. The molecule has 0 aliphatic heterocycles. The van der Waals surface area contributed by atoms with Crippen LogP contribution in [-0.2, 0) is 0 Å². The molecule has 2 aromatic rings. The van der Waals surface area contributed by atoms with Crippen molar-refractivity contribution in [2.45, 2.75) is 0 Å². The van der Waals surface area contributed by atoms with E-state index in [1.165, 1.54) is 16.9 Å². The van der Waals surface area contributed by atoms with Crippen molar-refractivity contribution in [2.75, 3.05) is 0 Å². The number of hydrogen-bond acceptors (Lipinski definition) is 3. The Kier molecular flexibility index (Phi) is 1.48. The molecule has 1 N–H and O–H groups in total. The van der Waals surface area contributed by atoms with Crippen LogP contribution in [-0.4, -0.2) is 20.0 Å². The van der Waals surface area contributed by atoms with Gasteiger partial charge < -0.3 is 0 Å². The van der Waals surface area contributed by atoms with E-state index < -0.39 is 0 Å². The number of nitrogens with one attached hydrogen (secondary N) is 1. The molecule has 0 amide bonds. The van der Waals surface area contributed by atoms with Crippen molar-refractivity contribution >= 4 is 0 Å². The first kappa shape index (κ1) is 6.78. The standard InChI is InChI=1S/C7H6N4O/c12-6-2-4-11(9-5-6)7-1-3-8-10-7/h1-5H,(H,8,10). The summed E-state index contributed by atoms with van der Waals surface area (Å²) in [6.45, 7) is 0. The Bertz CT molecular complexity index is 397. The van der Waals surface area contributed by atoms with E-state index in [0.29, 0.717) is 0 Å². The first-order valence-electron chi connectivity index (χ1n) is 3.41. The molecule has 0 radical (unpaired) electrons. The molecule has 0 unspecified atom stereocenters. The highest BCUT2D eigenvalue weighted by Crippen LogP contribution is 1.95. The molecule has 60 valence electrons. The predicted molar refractivity (Wildman–Crippen MR) is 42.0 cm³/mol. The third-order valence-electron chi connectivity index (χ3n) is 1.42. The molecular weight excluding hydrogens is 156 g/mol. The summed E-state index contributed by atoms with van der Waals surface area (Å²) in [5.41, 5.74) is -0.106. The quantitative estimate of drug-likeness (QED) is 0.639. The van der Waals surface area contributed by atoms with E-state index in [2.05, 4.69) is 15.3 Å². The molecule has 0 atom stereocenters. The zero-order chi connectivity index (χ0) is 8.39. The molecular formula is C7H6N4O. The van der Waals surface area contributed by atoms with Gasteiger partial charge in [0, 0.05) is 18.3 Å². The molecule has 2 heterocycles. The largest absolute Gasteiger partial charge is 0.288 e. The fraction of sp³-hybridized carbons (Fsp3) is 0. The van der Waals surface area contributed by atoms with Crippen LogP contribution < -0.4 is 5.43 Å². The normalized spacial score (nSPS) is 10.0. The third-order valence-corrected chi connectivity index (χ3v) is 1.42. The topological polar surface area (TPSA) is 63.6 Å². The van der Waals surface area contributed by atoms with Gasteiger partial charge in [0.1, 0.15) is 5.82 Å². The molecule has 0 saturated carbocycles. The van der Waals surface area contributed by atoms with Crippen molar-refractivity contribution in [1.29, 1.82) is 0 Å². The molecule has 12 heavy (non-hydrogen) atoms. The molecule has 0 saturated heterocycles. The third kappa shape index (κ3) is 1.12. The number of aromatic nitrogens is 4.